The summed E-state index contributed by atoms with van der Waals surface area (Å²) in [5.41, 5.74) is 0.230. The van der Waals surface area contributed by atoms with Crippen LogP contribution < -0.4 is 5.32 Å². The minimum Gasteiger partial charge on any atom is -0.506 e. The highest BCUT2D eigenvalue weighted by Crippen LogP contribution is 2.29. The second-order valence-electron chi connectivity index (χ2n) is 5.26. The van der Waals surface area contributed by atoms with Crippen LogP contribution in [0.1, 0.15) is 6.92 Å². The molecule has 0 aromatic heterocycles. The number of azo groups is 1. The Hall–Kier alpha value is -3.11. The Balaban J connectivity index is 2.27. The fourth-order valence-corrected chi connectivity index (χ4v) is 2.45. The van der Waals surface area contributed by atoms with Crippen LogP contribution in [0.15, 0.2) is 63.7 Å². The number of aromatic hydroxyl groups is 1. The molecule has 0 bridgehead atoms. The molecule has 0 aliphatic rings. The van der Waals surface area contributed by atoms with Gasteiger partial charge >= 0.3 is 0 Å². The lowest BCUT2D eigenvalue weighted by Gasteiger charge is -2.09. The Bertz CT molecular complexity index is 958. The van der Waals surface area contributed by atoms with Gasteiger partial charge in [0.1, 0.15) is 11.4 Å². The van der Waals surface area contributed by atoms with Crippen LogP contribution in [-0.2, 0) is 19.6 Å². The predicted octanol–water partition coefficient (Wildman–Crippen LogP) is 2.95. The molecule has 0 radical (unpaired) electrons. The lowest BCUT2D eigenvalue weighted by molar-refractivity contribution is -0.126. The van der Waals surface area contributed by atoms with E-state index in [0.717, 1.165) is 25.1 Å². The summed E-state index contributed by atoms with van der Waals surface area (Å²) in [6.07, 6.45) is 0. The van der Waals surface area contributed by atoms with Crippen molar-refractivity contribution < 1.29 is 23.5 Å². The SMILES string of the molecule is CC(=O)C(N=Nc1cc(S(=N)(=O)O)ccc1O)C(=O)Nc1ccccc1. The van der Waals surface area contributed by atoms with Gasteiger partial charge < -0.3 is 10.4 Å². The number of para-hydroxylation sites is 1. The maximum absolute atomic E-state index is 12.2. The number of phenols is 1. The zero-order chi connectivity index (χ0) is 19.3. The highest BCUT2D eigenvalue weighted by Gasteiger charge is 2.23. The number of ketones is 1. The van der Waals surface area contributed by atoms with E-state index in [0.29, 0.717) is 5.69 Å². The summed E-state index contributed by atoms with van der Waals surface area (Å²) in [5.74, 6) is -1.68. The fraction of sp³-hybridized carbons (Fsp3) is 0.125. The van der Waals surface area contributed by atoms with Crippen LogP contribution in [0.25, 0.3) is 0 Å². The van der Waals surface area contributed by atoms with Gasteiger partial charge in [-0.1, -0.05) is 18.2 Å². The first-order chi connectivity index (χ1) is 12.2. The van der Waals surface area contributed by atoms with E-state index in [1.807, 2.05) is 0 Å². The Kier molecular flexibility index (Phi) is 5.80. The van der Waals surface area contributed by atoms with Crippen molar-refractivity contribution in [3.8, 4) is 5.75 Å². The Labute approximate surface area is 149 Å². The molecule has 2 unspecified atom stereocenters. The van der Waals surface area contributed by atoms with Gasteiger partial charge in [-0.3, -0.25) is 14.1 Å². The summed E-state index contributed by atoms with van der Waals surface area (Å²) in [7, 11) is -4.01. The van der Waals surface area contributed by atoms with Crippen molar-refractivity contribution in [2.75, 3.05) is 5.32 Å². The number of Topliss-reactive ketones (excluding diaryl/α,β-unsaturated/α-hetero) is 1. The molecule has 0 fully saturated rings. The predicted molar refractivity (Wildman–Crippen MR) is 93.9 cm³/mol. The van der Waals surface area contributed by atoms with E-state index in [9.17, 15) is 23.5 Å². The third-order valence-electron chi connectivity index (χ3n) is 3.22. The summed E-state index contributed by atoms with van der Waals surface area (Å²) >= 11 is 0. The largest absolute Gasteiger partial charge is 0.506 e. The number of benzene rings is 2. The number of carbonyl (C=O) groups excluding carboxylic acids is 2. The van der Waals surface area contributed by atoms with E-state index in [4.69, 9.17) is 4.78 Å². The minimum absolute atomic E-state index is 0.240. The Morgan fingerprint density at radius 1 is 1.19 bits per heavy atom. The van der Waals surface area contributed by atoms with Gasteiger partial charge in [0.25, 0.3) is 5.91 Å². The normalized spacial score (nSPS) is 14.5. The molecule has 2 aromatic rings. The van der Waals surface area contributed by atoms with Crippen LogP contribution in [0, 0.1) is 4.78 Å². The standard InChI is InChI=1S/C16H16N4O5S/c1-10(21)15(16(23)18-11-5-3-2-4-6-11)20-19-13-9-12(26(17,24)25)7-8-14(13)22/h2-9,15,22H,1H3,(H,18,23)(H2,17,24,25). The molecule has 0 saturated carbocycles. The molecule has 1 amide bonds. The number of amides is 1. The summed E-state index contributed by atoms with van der Waals surface area (Å²) < 4.78 is 27.7. The van der Waals surface area contributed by atoms with E-state index in [1.165, 1.54) is 0 Å². The number of hydrogen-bond donors (Lipinski definition) is 4. The zero-order valence-electron chi connectivity index (χ0n) is 13.6. The molecule has 4 N–H and O–H groups in total. The van der Waals surface area contributed by atoms with E-state index < -0.39 is 27.7 Å². The van der Waals surface area contributed by atoms with Crippen LogP contribution in [0.2, 0.25) is 0 Å². The lowest BCUT2D eigenvalue weighted by atomic mass is 10.2. The molecule has 26 heavy (non-hydrogen) atoms. The van der Waals surface area contributed by atoms with Crippen molar-refractivity contribution in [3.63, 3.8) is 0 Å². The van der Waals surface area contributed by atoms with Crippen LogP contribution in [-0.4, -0.2) is 31.6 Å². The highest BCUT2D eigenvalue weighted by atomic mass is 32.2. The van der Waals surface area contributed by atoms with Crippen LogP contribution >= 0.6 is 0 Å². The van der Waals surface area contributed by atoms with Gasteiger partial charge in [0, 0.05) is 5.69 Å². The molecule has 136 valence electrons. The Morgan fingerprint density at radius 2 is 1.85 bits per heavy atom. The van der Waals surface area contributed by atoms with Gasteiger partial charge in [-0.15, -0.1) is 0 Å². The zero-order valence-corrected chi connectivity index (χ0v) is 14.4. The number of nitrogens with zero attached hydrogens (tertiary/aromatic N) is 2. The van der Waals surface area contributed by atoms with E-state index in [-0.39, 0.29) is 16.3 Å². The van der Waals surface area contributed by atoms with E-state index in [2.05, 4.69) is 15.5 Å². The first-order valence-electron chi connectivity index (χ1n) is 7.30. The molecule has 2 rings (SSSR count). The number of anilines is 1. The second-order valence-corrected chi connectivity index (χ2v) is 6.78. The number of nitrogens with one attached hydrogen (secondary N) is 2. The average Bonchev–Trinajstić information content (AvgIpc) is 2.56. The van der Waals surface area contributed by atoms with Gasteiger partial charge in [0.15, 0.2) is 15.8 Å². The maximum atomic E-state index is 12.2. The monoisotopic (exact) mass is 376 g/mol. The van der Waals surface area contributed by atoms with Gasteiger partial charge in [-0.05, 0) is 37.3 Å². The molecule has 2 atom stereocenters. The topological polar surface area (TPSA) is 152 Å². The quantitative estimate of drug-likeness (QED) is 0.451. The third-order valence-corrected chi connectivity index (χ3v) is 4.11. The first kappa shape index (κ1) is 19.2. The van der Waals surface area contributed by atoms with Gasteiger partial charge in [0.2, 0.25) is 6.04 Å². The van der Waals surface area contributed by atoms with Crippen molar-refractivity contribution in [2.24, 2.45) is 10.2 Å². The van der Waals surface area contributed by atoms with Crippen LogP contribution in [0.3, 0.4) is 0 Å². The lowest BCUT2D eigenvalue weighted by Crippen LogP contribution is -2.31. The fourth-order valence-electron chi connectivity index (χ4n) is 1.93. The number of rotatable bonds is 6. The van der Waals surface area contributed by atoms with Crippen molar-refractivity contribution in [3.05, 3.63) is 48.5 Å². The summed E-state index contributed by atoms with van der Waals surface area (Å²) in [6, 6.07) is 10.1. The number of carbonyl (C=O) groups is 2. The van der Waals surface area contributed by atoms with Crippen molar-refractivity contribution in [2.45, 2.75) is 17.9 Å². The number of phenolic OH excluding ortho intramolecular Hbond substituents is 1. The van der Waals surface area contributed by atoms with Gasteiger partial charge in [-0.2, -0.15) is 10.2 Å². The van der Waals surface area contributed by atoms with Crippen molar-refractivity contribution in [1.82, 2.24) is 0 Å². The molecule has 0 aliphatic heterocycles. The molecular weight excluding hydrogens is 360 g/mol. The van der Waals surface area contributed by atoms with Crippen molar-refractivity contribution in [1.29, 1.82) is 4.78 Å². The smallest absolute Gasteiger partial charge is 0.258 e. The molecular formula is C16H16N4O5S. The summed E-state index contributed by atoms with van der Waals surface area (Å²) in [6.45, 7) is 1.16. The van der Waals surface area contributed by atoms with Gasteiger partial charge in [-0.25, -0.2) is 8.99 Å². The van der Waals surface area contributed by atoms with E-state index in [1.54, 1.807) is 30.3 Å². The third kappa shape index (κ3) is 4.94. The van der Waals surface area contributed by atoms with E-state index >= 15 is 0 Å². The molecule has 9 nitrogen and oxygen atoms in total. The Morgan fingerprint density at radius 3 is 2.42 bits per heavy atom. The highest BCUT2D eigenvalue weighted by molar-refractivity contribution is 7.86. The summed E-state index contributed by atoms with van der Waals surface area (Å²) in [4.78, 5) is 23.6. The molecule has 0 heterocycles. The average molecular weight is 376 g/mol. The molecule has 0 saturated heterocycles. The number of hydrogen-bond acceptors (Lipinski definition) is 7. The van der Waals surface area contributed by atoms with Gasteiger partial charge in [0.05, 0.1) is 4.90 Å². The molecule has 10 heteroatoms. The van der Waals surface area contributed by atoms with Crippen LogP contribution in [0.4, 0.5) is 11.4 Å². The molecule has 0 spiro atoms. The van der Waals surface area contributed by atoms with Crippen molar-refractivity contribution >= 4 is 33.1 Å². The molecule has 0 aliphatic carbocycles. The first-order valence-corrected chi connectivity index (χ1v) is 8.81. The summed E-state index contributed by atoms with van der Waals surface area (Å²) in [5, 5.41) is 19.5. The minimum atomic E-state index is -4.01. The molecule has 2 aromatic carbocycles. The maximum Gasteiger partial charge on any atom is 0.258 e. The second kappa shape index (κ2) is 7.85. The van der Waals surface area contributed by atoms with Crippen LogP contribution in [0.5, 0.6) is 5.75 Å².